The number of amides is 2. The summed E-state index contributed by atoms with van der Waals surface area (Å²) in [5, 5.41) is 4.28. The van der Waals surface area contributed by atoms with Gasteiger partial charge in [0.25, 0.3) is 0 Å². The normalized spacial score (nSPS) is 13.4. The summed E-state index contributed by atoms with van der Waals surface area (Å²) >= 11 is 0. The van der Waals surface area contributed by atoms with Crippen molar-refractivity contribution in [1.82, 2.24) is 15.5 Å². The Morgan fingerprint density at radius 1 is 1.26 bits per heavy atom. The van der Waals surface area contributed by atoms with Crippen LogP contribution in [0.5, 0.6) is 0 Å². The molecule has 0 heterocycles. The van der Waals surface area contributed by atoms with Crippen LogP contribution in [-0.2, 0) is 0 Å². The summed E-state index contributed by atoms with van der Waals surface area (Å²) < 4.78 is 35.6. The molecule has 0 saturated heterocycles. The van der Waals surface area contributed by atoms with Gasteiger partial charge in [0.2, 0.25) is 0 Å². The Morgan fingerprint density at radius 2 is 1.84 bits per heavy atom. The van der Waals surface area contributed by atoms with Gasteiger partial charge in [-0.3, -0.25) is 0 Å². The van der Waals surface area contributed by atoms with E-state index in [-0.39, 0.29) is 6.04 Å². The number of urea groups is 1. The van der Waals surface area contributed by atoms with E-state index in [1.54, 1.807) is 12.2 Å². The minimum absolute atomic E-state index is 0.135. The van der Waals surface area contributed by atoms with Gasteiger partial charge in [-0.25, -0.2) is 4.79 Å². The van der Waals surface area contributed by atoms with Crippen molar-refractivity contribution < 1.29 is 18.0 Å². The zero-order valence-corrected chi connectivity index (χ0v) is 11.8. The molecule has 0 spiro atoms. The average Bonchev–Trinajstić information content (AvgIpc) is 2.31. The van der Waals surface area contributed by atoms with Crippen molar-refractivity contribution >= 4 is 6.03 Å². The maximum atomic E-state index is 11.9. The molecule has 0 rings (SSSR count). The second-order valence-corrected chi connectivity index (χ2v) is 4.51. The van der Waals surface area contributed by atoms with Gasteiger partial charge < -0.3 is 15.5 Å². The molecule has 7 heteroatoms. The predicted molar refractivity (Wildman–Crippen MR) is 69.1 cm³/mol. The van der Waals surface area contributed by atoms with Gasteiger partial charge >= 0.3 is 12.2 Å². The molecule has 0 aliphatic heterocycles. The summed E-state index contributed by atoms with van der Waals surface area (Å²) in [6.07, 6.45) is -2.72. The van der Waals surface area contributed by atoms with Crippen LogP contribution in [0.1, 0.15) is 33.6 Å². The number of nitrogens with zero attached hydrogens (tertiary/aromatic N) is 1. The molecule has 0 radical (unpaired) electrons. The van der Waals surface area contributed by atoms with Crippen LogP contribution in [0.2, 0.25) is 0 Å². The first-order valence-corrected chi connectivity index (χ1v) is 6.62. The second kappa shape index (κ2) is 9.01. The highest BCUT2D eigenvalue weighted by Crippen LogP contribution is 2.12. The van der Waals surface area contributed by atoms with Crippen molar-refractivity contribution in [2.75, 3.05) is 26.2 Å². The number of hydrogen-bond acceptors (Lipinski definition) is 2. The van der Waals surface area contributed by atoms with E-state index in [1.165, 1.54) is 0 Å². The smallest absolute Gasteiger partial charge is 0.336 e. The SMILES string of the molecule is CCN(CC)CCCC(C)NC(=O)NCC(F)(F)F. The Labute approximate surface area is 112 Å². The molecule has 2 amide bonds. The number of rotatable bonds is 8. The van der Waals surface area contributed by atoms with Crippen molar-refractivity contribution in [3.63, 3.8) is 0 Å². The van der Waals surface area contributed by atoms with Gasteiger partial charge in [0, 0.05) is 6.04 Å². The molecular formula is C12H24F3N3O. The van der Waals surface area contributed by atoms with Crippen molar-refractivity contribution in [3.8, 4) is 0 Å². The Morgan fingerprint density at radius 3 is 2.32 bits per heavy atom. The van der Waals surface area contributed by atoms with Crippen LogP contribution in [0, 0.1) is 0 Å². The summed E-state index contributed by atoms with van der Waals surface area (Å²) in [5.41, 5.74) is 0. The molecule has 4 nitrogen and oxygen atoms in total. The lowest BCUT2D eigenvalue weighted by Crippen LogP contribution is -2.44. The number of halogens is 3. The van der Waals surface area contributed by atoms with Crippen molar-refractivity contribution in [1.29, 1.82) is 0 Å². The summed E-state index contributed by atoms with van der Waals surface area (Å²) in [7, 11) is 0. The molecule has 1 atom stereocenters. The highest BCUT2D eigenvalue weighted by Gasteiger charge is 2.27. The molecule has 114 valence electrons. The van der Waals surface area contributed by atoms with Gasteiger partial charge in [0.1, 0.15) is 6.54 Å². The predicted octanol–water partition coefficient (Wildman–Crippen LogP) is 2.36. The van der Waals surface area contributed by atoms with E-state index < -0.39 is 18.8 Å². The number of alkyl halides is 3. The van der Waals surface area contributed by atoms with Crippen LogP contribution in [-0.4, -0.2) is 49.3 Å². The third-order valence-corrected chi connectivity index (χ3v) is 2.83. The molecule has 0 saturated carbocycles. The first-order valence-electron chi connectivity index (χ1n) is 6.62. The number of carbonyl (C=O) groups is 1. The number of hydrogen-bond donors (Lipinski definition) is 2. The zero-order chi connectivity index (χ0) is 14.9. The first-order chi connectivity index (χ1) is 8.78. The molecule has 0 aliphatic carbocycles. The lowest BCUT2D eigenvalue weighted by atomic mass is 10.2. The quantitative estimate of drug-likeness (QED) is 0.718. The molecule has 0 aromatic rings. The van der Waals surface area contributed by atoms with E-state index in [9.17, 15) is 18.0 Å². The van der Waals surface area contributed by atoms with E-state index in [1.807, 2.05) is 0 Å². The number of nitrogens with one attached hydrogen (secondary N) is 2. The van der Waals surface area contributed by atoms with Gasteiger partial charge in [-0.1, -0.05) is 13.8 Å². The van der Waals surface area contributed by atoms with Gasteiger partial charge in [-0.05, 0) is 39.4 Å². The lowest BCUT2D eigenvalue weighted by molar-refractivity contribution is -0.122. The van der Waals surface area contributed by atoms with Gasteiger partial charge in [-0.2, -0.15) is 13.2 Å². The monoisotopic (exact) mass is 283 g/mol. The molecule has 0 aromatic heterocycles. The Balaban J connectivity index is 3.73. The minimum atomic E-state index is -4.37. The van der Waals surface area contributed by atoms with Gasteiger partial charge in [0.05, 0.1) is 0 Å². The Kier molecular flexibility index (Phi) is 8.54. The third kappa shape index (κ3) is 10.6. The summed E-state index contributed by atoms with van der Waals surface area (Å²) in [6, 6.07) is -0.906. The van der Waals surface area contributed by atoms with E-state index in [2.05, 4.69) is 24.1 Å². The topological polar surface area (TPSA) is 44.4 Å². The highest BCUT2D eigenvalue weighted by molar-refractivity contribution is 5.74. The van der Waals surface area contributed by atoms with Crippen LogP contribution in [0.3, 0.4) is 0 Å². The van der Waals surface area contributed by atoms with Gasteiger partial charge in [-0.15, -0.1) is 0 Å². The Bertz CT molecular complexity index is 255. The van der Waals surface area contributed by atoms with Crippen molar-refractivity contribution in [3.05, 3.63) is 0 Å². The van der Waals surface area contributed by atoms with Crippen LogP contribution in [0.4, 0.5) is 18.0 Å². The fourth-order valence-corrected chi connectivity index (χ4v) is 1.69. The van der Waals surface area contributed by atoms with Crippen LogP contribution >= 0.6 is 0 Å². The zero-order valence-electron chi connectivity index (χ0n) is 11.8. The fourth-order valence-electron chi connectivity index (χ4n) is 1.69. The molecule has 0 bridgehead atoms. The van der Waals surface area contributed by atoms with E-state index >= 15 is 0 Å². The van der Waals surface area contributed by atoms with E-state index in [0.29, 0.717) is 0 Å². The second-order valence-electron chi connectivity index (χ2n) is 4.51. The molecule has 2 N–H and O–H groups in total. The van der Waals surface area contributed by atoms with Crippen LogP contribution in [0.15, 0.2) is 0 Å². The highest BCUT2D eigenvalue weighted by atomic mass is 19.4. The standard InChI is InChI=1S/C12H24F3N3O/c1-4-18(5-2)8-6-7-10(3)17-11(19)16-9-12(13,14)15/h10H,4-9H2,1-3H3,(H2,16,17,19). The molecule has 1 unspecified atom stereocenters. The van der Waals surface area contributed by atoms with E-state index in [4.69, 9.17) is 0 Å². The third-order valence-electron chi connectivity index (χ3n) is 2.83. The molecule has 0 aliphatic rings. The average molecular weight is 283 g/mol. The molecule has 0 aromatic carbocycles. The van der Waals surface area contributed by atoms with Gasteiger partial charge in [0.15, 0.2) is 0 Å². The maximum Gasteiger partial charge on any atom is 0.405 e. The first kappa shape index (κ1) is 18.0. The van der Waals surface area contributed by atoms with Crippen molar-refractivity contribution in [2.24, 2.45) is 0 Å². The molecule has 19 heavy (non-hydrogen) atoms. The fraction of sp³-hybridized carbons (Fsp3) is 0.917. The minimum Gasteiger partial charge on any atom is -0.336 e. The van der Waals surface area contributed by atoms with Crippen molar-refractivity contribution in [2.45, 2.75) is 45.8 Å². The molecule has 0 fully saturated rings. The summed E-state index contributed by atoms with van der Waals surface area (Å²) in [4.78, 5) is 13.4. The largest absolute Gasteiger partial charge is 0.405 e. The Hall–Kier alpha value is -0.980. The van der Waals surface area contributed by atoms with E-state index in [0.717, 1.165) is 32.5 Å². The lowest BCUT2D eigenvalue weighted by Gasteiger charge is -2.20. The number of carbonyl (C=O) groups excluding carboxylic acids is 1. The maximum absolute atomic E-state index is 11.9. The van der Waals surface area contributed by atoms with Crippen LogP contribution in [0.25, 0.3) is 0 Å². The summed E-state index contributed by atoms with van der Waals surface area (Å²) in [6.45, 7) is 7.53. The molecular weight excluding hydrogens is 259 g/mol. The summed E-state index contributed by atoms with van der Waals surface area (Å²) in [5.74, 6) is 0. The van der Waals surface area contributed by atoms with Crippen LogP contribution < -0.4 is 10.6 Å².